The van der Waals surface area contributed by atoms with Crippen molar-refractivity contribution in [3.8, 4) is 0 Å². The molecule has 0 spiro atoms. The number of benzene rings is 1. The first kappa shape index (κ1) is 11.6. The van der Waals surface area contributed by atoms with E-state index in [4.69, 9.17) is 0 Å². The number of hydrogen-bond donors (Lipinski definition) is 1. The van der Waals surface area contributed by atoms with E-state index in [1.165, 1.54) is 22.9 Å². The van der Waals surface area contributed by atoms with Crippen LogP contribution in [0.4, 0.5) is 8.78 Å². The molecule has 2 nitrogen and oxygen atoms in total. The summed E-state index contributed by atoms with van der Waals surface area (Å²) in [6.45, 7) is 0. The van der Waals surface area contributed by atoms with Crippen molar-refractivity contribution in [3.63, 3.8) is 0 Å². The molecule has 2 aromatic rings. The molecule has 0 aliphatic carbocycles. The van der Waals surface area contributed by atoms with Crippen LogP contribution in [-0.4, -0.2) is 10.1 Å². The van der Waals surface area contributed by atoms with E-state index in [9.17, 15) is 13.9 Å². The van der Waals surface area contributed by atoms with Gasteiger partial charge < -0.3 is 5.11 Å². The number of nitrogens with zero attached hydrogens (tertiary/aromatic N) is 1. The fourth-order valence-electron chi connectivity index (χ4n) is 1.30. The van der Waals surface area contributed by atoms with Gasteiger partial charge in [-0.3, -0.25) is 0 Å². The first-order valence-corrected chi connectivity index (χ1v) is 6.04. The second kappa shape index (κ2) is 4.57. The molecule has 0 saturated carbocycles. The predicted octanol–water partition coefficient (Wildman–Crippen LogP) is 3.27. The number of aliphatic hydroxyl groups excluding tert-OH is 1. The van der Waals surface area contributed by atoms with Gasteiger partial charge in [0.05, 0.1) is 21.2 Å². The molecule has 1 aromatic heterocycles. The largest absolute Gasteiger partial charge is 0.382 e. The fraction of sp³-hybridized carbons (Fsp3) is 0.100. The molecule has 16 heavy (non-hydrogen) atoms. The van der Waals surface area contributed by atoms with Crippen LogP contribution in [0.2, 0.25) is 0 Å². The van der Waals surface area contributed by atoms with Crippen molar-refractivity contribution < 1.29 is 13.9 Å². The Hall–Kier alpha value is -0.850. The molecule has 0 aliphatic heterocycles. The van der Waals surface area contributed by atoms with E-state index in [1.807, 2.05) is 0 Å². The minimum Gasteiger partial charge on any atom is -0.382 e. The molecule has 1 unspecified atom stereocenters. The van der Waals surface area contributed by atoms with Gasteiger partial charge >= 0.3 is 0 Å². The Balaban J connectivity index is 2.52. The molecule has 0 bridgehead atoms. The molecule has 1 N–H and O–H groups in total. The third-order valence-corrected chi connectivity index (χ3v) is 3.30. The lowest BCUT2D eigenvalue weighted by atomic mass is 10.1. The lowest BCUT2D eigenvalue weighted by molar-refractivity contribution is 0.204. The maximum absolute atomic E-state index is 13.6. The summed E-state index contributed by atoms with van der Waals surface area (Å²) in [6, 6.07) is 2.35. The Labute approximate surface area is 103 Å². The maximum Gasteiger partial charge on any atom is 0.146 e. The van der Waals surface area contributed by atoms with E-state index in [0.717, 1.165) is 6.07 Å². The van der Waals surface area contributed by atoms with Gasteiger partial charge in [0.1, 0.15) is 17.7 Å². The molecule has 0 saturated heterocycles. The van der Waals surface area contributed by atoms with Gasteiger partial charge in [0, 0.05) is 5.38 Å². The van der Waals surface area contributed by atoms with E-state index in [1.54, 1.807) is 5.38 Å². The monoisotopic (exact) mass is 305 g/mol. The van der Waals surface area contributed by atoms with Gasteiger partial charge in [-0.15, -0.1) is 11.3 Å². The van der Waals surface area contributed by atoms with Gasteiger partial charge in [0.25, 0.3) is 0 Å². The summed E-state index contributed by atoms with van der Waals surface area (Å²) in [7, 11) is 0. The molecule has 0 radical (unpaired) electrons. The van der Waals surface area contributed by atoms with E-state index < -0.39 is 17.7 Å². The van der Waals surface area contributed by atoms with Gasteiger partial charge in [0.15, 0.2) is 0 Å². The highest BCUT2D eigenvalue weighted by Gasteiger charge is 2.22. The van der Waals surface area contributed by atoms with Gasteiger partial charge in [-0.1, -0.05) is 0 Å². The molecule has 0 aliphatic rings. The van der Waals surface area contributed by atoms with E-state index in [2.05, 4.69) is 20.9 Å². The summed E-state index contributed by atoms with van der Waals surface area (Å²) in [6.07, 6.45) is -1.39. The van der Waals surface area contributed by atoms with Crippen molar-refractivity contribution in [3.05, 3.63) is 50.4 Å². The van der Waals surface area contributed by atoms with Crippen molar-refractivity contribution >= 4 is 27.3 Å². The number of aromatic nitrogens is 1. The van der Waals surface area contributed by atoms with Crippen LogP contribution >= 0.6 is 27.3 Å². The summed E-state index contributed by atoms with van der Waals surface area (Å²) in [4.78, 5) is 3.82. The molecule has 1 heterocycles. The molecule has 1 atom stereocenters. The van der Waals surface area contributed by atoms with E-state index in [0.29, 0.717) is 0 Å². The molecular formula is C10H6BrF2NOS. The van der Waals surface area contributed by atoms with Crippen LogP contribution in [0.15, 0.2) is 27.5 Å². The zero-order valence-electron chi connectivity index (χ0n) is 7.82. The fourth-order valence-corrected chi connectivity index (χ4v) is 2.22. The second-order valence-electron chi connectivity index (χ2n) is 3.07. The van der Waals surface area contributed by atoms with E-state index >= 15 is 0 Å². The number of aliphatic hydroxyl groups is 1. The minimum absolute atomic E-state index is 0.109. The minimum atomic E-state index is -1.39. The quantitative estimate of drug-likeness (QED) is 0.864. The van der Waals surface area contributed by atoms with Crippen LogP contribution in [0.3, 0.4) is 0 Å². The first-order valence-electron chi connectivity index (χ1n) is 4.31. The van der Waals surface area contributed by atoms with Crippen LogP contribution in [0, 0.1) is 11.6 Å². The molecule has 1 aromatic carbocycles. The summed E-state index contributed by atoms with van der Waals surface area (Å²) in [5.74, 6) is -1.60. The van der Waals surface area contributed by atoms with Gasteiger partial charge in [-0.25, -0.2) is 13.8 Å². The summed E-state index contributed by atoms with van der Waals surface area (Å²) in [5.41, 5.74) is 1.34. The van der Waals surface area contributed by atoms with Gasteiger partial charge in [-0.2, -0.15) is 0 Å². The Morgan fingerprint density at radius 1 is 1.38 bits per heavy atom. The molecule has 6 heteroatoms. The highest BCUT2D eigenvalue weighted by atomic mass is 79.9. The summed E-state index contributed by atoms with van der Waals surface area (Å²) >= 11 is 4.19. The third kappa shape index (κ3) is 2.00. The van der Waals surface area contributed by atoms with Crippen LogP contribution < -0.4 is 0 Å². The second-order valence-corrected chi connectivity index (χ2v) is 4.65. The number of halogens is 3. The molecule has 0 amide bonds. The normalized spacial score (nSPS) is 12.8. The summed E-state index contributed by atoms with van der Waals surface area (Å²) < 4.78 is 27.2. The lowest BCUT2D eigenvalue weighted by Crippen LogP contribution is -2.06. The first-order chi connectivity index (χ1) is 7.61. The van der Waals surface area contributed by atoms with Crippen LogP contribution in [0.5, 0.6) is 0 Å². The highest BCUT2D eigenvalue weighted by molar-refractivity contribution is 9.10. The number of rotatable bonds is 2. The Kier molecular flexibility index (Phi) is 3.32. The Morgan fingerprint density at radius 3 is 2.75 bits per heavy atom. The SMILES string of the molecule is OC(c1cscn1)c1c(F)ccc(Br)c1F. The molecular weight excluding hydrogens is 300 g/mol. The van der Waals surface area contributed by atoms with Gasteiger partial charge in [0.2, 0.25) is 0 Å². The van der Waals surface area contributed by atoms with Crippen molar-refractivity contribution in [1.29, 1.82) is 0 Å². The van der Waals surface area contributed by atoms with Crippen LogP contribution in [-0.2, 0) is 0 Å². The Bertz CT molecular complexity index is 504. The average Bonchev–Trinajstić information content (AvgIpc) is 2.77. The van der Waals surface area contributed by atoms with Crippen molar-refractivity contribution in [1.82, 2.24) is 4.98 Å². The van der Waals surface area contributed by atoms with Crippen molar-refractivity contribution in [2.24, 2.45) is 0 Å². The number of hydrogen-bond acceptors (Lipinski definition) is 3. The van der Waals surface area contributed by atoms with E-state index in [-0.39, 0.29) is 15.7 Å². The third-order valence-electron chi connectivity index (χ3n) is 2.08. The predicted molar refractivity (Wildman–Crippen MR) is 60.2 cm³/mol. The molecule has 0 fully saturated rings. The Morgan fingerprint density at radius 2 is 2.12 bits per heavy atom. The molecule has 2 rings (SSSR count). The average molecular weight is 306 g/mol. The van der Waals surface area contributed by atoms with Gasteiger partial charge in [-0.05, 0) is 28.1 Å². The smallest absolute Gasteiger partial charge is 0.146 e. The standard InChI is InChI=1S/C10H6BrF2NOS/c11-5-1-2-6(12)8(9(5)13)10(15)7-3-16-4-14-7/h1-4,10,15H. The van der Waals surface area contributed by atoms with Crippen LogP contribution in [0.1, 0.15) is 17.4 Å². The van der Waals surface area contributed by atoms with Crippen molar-refractivity contribution in [2.45, 2.75) is 6.10 Å². The number of thiazole rings is 1. The highest BCUT2D eigenvalue weighted by Crippen LogP contribution is 2.30. The summed E-state index contributed by atoms with van der Waals surface area (Å²) in [5, 5.41) is 11.4. The maximum atomic E-state index is 13.6. The zero-order chi connectivity index (χ0) is 11.7. The molecule has 84 valence electrons. The van der Waals surface area contributed by atoms with Crippen molar-refractivity contribution in [2.75, 3.05) is 0 Å². The zero-order valence-corrected chi connectivity index (χ0v) is 10.2. The van der Waals surface area contributed by atoms with Crippen LogP contribution in [0.25, 0.3) is 0 Å². The lowest BCUT2D eigenvalue weighted by Gasteiger charge is -2.11. The topological polar surface area (TPSA) is 33.1 Å².